The maximum absolute atomic E-state index is 14.7. The standard InChI is InChI=1S/C32H45N3O5S/c1-6-17-34(24-15-13-23(14-16-24)33(8-3)9-4)30(38)28-32-22(5)21-25(41-32)26(31(39)40-20-7-2)27(32)29(37)35(28)18-11-10-12-19-36/h6-7,13-16,22,25-28,36H,1-2,8-12,17-21H2,3-5H3/t22?,25-,26+,27-,28?,32?/m0/s1. The predicted octanol–water partition coefficient (Wildman–Crippen LogP) is 4.28. The van der Waals surface area contributed by atoms with Gasteiger partial charge in [-0.1, -0.05) is 25.7 Å². The molecule has 41 heavy (non-hydrogen) atoms. The van der Waals surface area contributed by atoms with Crippen LogP contribution in [0.4, 0.5) is 11.4 Å². The minimum Gasteiger partial charge on any atom is -0.461 e. The molecule has 1 N–H and O–H groups in total. The molecule has 4 rings (SSSR count). The largest absolute Gasteiger partial charge is 0.461 e. The number of esters is 1. The minimum absolute atomic E-state index is 0.0655. The number of carbonyl (C=O) groups excluding carboxylic acids is 3. The first-order chi connectivity index (χ1) is 19.8. The van der Waals surface area contributed by atoms with Crippen molar-refractivity contribution >= 4 is 40.9 Å². The monoisotopic (exact) mass is 583 g/mol. The Balaban J connectivity index is 1.73. The Bertz CT molecular complexity index is 1120. The summed E-state index contributed by atoms with van der Waals surface area (Å²) in [6.07, 6.45) is 6.06. The number of fused-ring (bicyclic) bond motifs is 1. The quantitative estimate of drug-likeness (QED) is 0.187. The number of likely N-dealkylation sites (tertiary alicyclic amines) is 1. The van der Waals surface area contributed by atoms with E-state index in [1.165, 1.54) is 6.08 Å². The molecule has 3 aliphatic rings. The number of aliphatic hydroxyl groups excluding tert-OH is 1. The summed E-state index contributed by atoms with van der Waals surface area (Å²) in [6.45, 7) is 16.6. The van der Waals surface area contributed by atoms with Crippen molar-refractivity contribution < 1.29 is 24.2 Å². The first kappa shape index (κ1) is 31.2. The third-order valence-electron chi connectivity index (χ3n) is 9.02. The van der Waals surface area contributed by atoms with Crippen molar-refractivity contribution in [2.75, 3.05) is 49.2 Å². The molecular formula is C32H45N3O5S. The highest BCUT2D eigenvalue weighted by Gasteiger charge is 2.76. The lowest BCUT2D eigenvalue weighted by Gasteiger charge is -2.40. The van der Waals surface area contributed by atoms with Gasteiger partial charge in [-0.25, -0.2) is 0 Å². The van der Waals surface area contributed by atoms with Crippen LogP contribution in [0.3, 0.4) is 0 Å². The Morgan fingerprint density at radius 3 is 2.41 bits per heavy atom. The van der Waals surface area contributed by atoms with Gasteiger partial charge < -0.3 is 24.5 Å². The highest BCUT2D eigenvalue weighted by atomic mass is 32.2. The number of benzene rings is 1. The van der Waals surface area contributed by atoms with E-state index < -0.39 is 22.6 Å². The highest BCUT2D eigenvalue weighted by molar-refractivity contribution is 8.02. The maximum Gasteiger partial charge on any atom is 0.311 e. The fourth-order valence-corrected chi connectivity index (χ4v) is 9.55. The molecule has 3 saturated heterocycles. The average Bonchev–Trinajstić information content (AvgIpc) is 3.57. The minimum atomic E-state index is -0.714. The lowest BCUT2D eigenvalue weighted by atomic mass is 9.66. The summed E-state index contributed by atoms with van der Waals surface area (Å²) in [7, 11) is 0. The molecule has 9 heteroatoms. The Kier molecular flexibility index (Phi) is 10.2. The van der Waals surface area contributed by atoms with Crippen LogP contribution in [0.5, 0.6) is 0 Å². The summed E-state index contributed by atoms with van der Waals surface area (Å²) in [5.74, 6) is -1.77. The number of hydrogen-bond donors (Lipinski definition) is 1. The van der Waals surface area contributed by atoms with Gasteiger partial charge in [0.1, 0.15) is 12.6 Å². The number of aliphatic hydroxyl groups is 1. The zero-order valence-electron chi connectivity index (χ0n) is 24.7. The van der Waals surface area contributed by atoms with Crippen molar-refractivity contribution in [2.24, 2.45) is 17.8 Å². The maximum atomic E-state index is 14.7. The molecule has 3 heterocycles. The Morgan fingerprint density at radius 1 is 1.12 bits per heavy atom. The van der Waals surface area contributed by atoms with Crippen LogP contribution in [0, 0.1) is 17.8 Å². The van der Waals surface area contributed by atoms with E-state index in [0.29, 0.717) is 25.9 Å². The number of nitrogens with zero attached hydrogens (tertiary/aromatic N) is 3. The number of ether oxygens (including phenoxy) is 1. The van der Waals surface area contributed by atoms with Gasteiger partial charge in [-0.15, -0.1) is 18.3 Å². The van der Waals surface area contributed by atoms with Crippen LogP contribution in [0.1, 0.15) is 46.5 Å². The van der Waals surface area contributed by atoms with Crippen molar-refractivity contribution in [1.29, 1.82) is 0 Å². The molecule has 224 valence electrons. The zero-order valence-corrected chi connectivity index (χ0v) is 25.5. The summed E-state index contributed by atoms with van der Waals surface area (Å²) in [5.41, 5.74) is 1.84. The van der Waals surface area contributed by atoms with E-state index in [-0.39, 0.29) is 42.2 Å². The van der Waals surface area contributed by atoms with Crippen molar-refractivity contribution in [3.05, 3.63) is 49.6 Å². The van der Waals surface area contributed by atoms with Crippen LogP contribution in [-0.4, -0.2) is 83.2 Å². The molecule has 0 aromatic heterocycles. The van der Waals surface area contributed by atoms with Crippen LogP contribution in [-0.2, 0) is 19.1 Å². The van der Waals surface area contributed by atoms with E-state index >= 15 is 0 Å². The van der Waals surface area contributed by atoms with Crippen LogP contribution in [0.2, 0.25) is 0 Å². The molecule has 0 radical (unpaired) electrons. The molecule has 1 aromatic rings. The molecule has 3 fully saturated rings. The van der Waals surface area contributed by atoms with Crippen molar-refractivity contribution in [2.45, 2.75) is 62.5 Å². The van der Waals surface area contributed by atoms with E-state index in [2.05, 4.69) is 38.8 Å². The molecule has 8 nitrogen and oxygen atoms in total. The van der Waals surface area contributed by atoms with Gasteiger partial charge in [-0.3, -0.25) is 14.4 Å². The molecule has 6 atom stereocenters. The van der Waals surface area contributed by atoms with E-state index in [4.69, 9.17) is 4.74 Å². The average molecular weight is 584 g/mol. The van der Waals surface area contributed by atoms with Crippen LogP contribution >= 0.6 is 11.8 Å². The number of unbranched alkanes of at least 4 members (excludes halogenated alkanes) is 2. The zero-order chi connectivity index (χ0) is 29.7. The normalized spacial score (nSPS) is 28.0. The summed E-state index contributed by atoms with van der Waals surface area (Å²) in [6, 6.07) is 7.28. The smallest absolute Gasteiger partial charge is 0.311 e. The summed E-state index contributed by atoms with van der Waals surface area (Å²) in [4.78, 5) is 47.9. The number of rotatable bonds is 15. The number of thioether (sulfide) groups is 1. The Hall–Kier alpha value is -2.78. The van der Waals surface area contributed by atoms with Crippen LogP contribution < -0.4 is 9.80 Å². The SMILES string of the molecule is C=CCOC(=O)[C@@H]1[C@@H]2CC(C)C3(S2)C(C(=O)N(CC=C)c2ccc(N(CC)CC)cc2)N(CCCCCO)C(=O)[C@H]13. The molecule has 2 amide bonds. The molecule has 3 aliphatic heterocycles. The first-order valence-corrected chi connectivity index (χ1v) is 15.8. The number of amides is 2. The van der Waals surface area contributed by atoms with Gasteiger partial charge in [0.15, 0.2) is 0 Å². The van der Waals surface area contributed by atoms with E-state index in [1.54, 1.807) is 27.6 Å². The van der Waals surface area contributed by atoms with Gasteiger partial charge in [0.05, 0.1) is 16.6 Å². The van der Waals surface area contributed by atoms with Crippen LogP contribution in [0.25, 0.3) is 0 Å². The van der Waals surface area contributed by atoms with Gasteiger partial charge >= 0.3 is 5.97 Å². The molecule has 1 aromatic carbocycles. The molecule has 0 aliphatic carbocycles. The van der Waals surface area contributed by atoms with Gasteiger partial charge in [-0.05, 0) is 69.7 Å². The number of anilines is 2. The van der Waals surface area contributed by atoms with Crippen LogP contribution in [0.15, 0.2) is 49.6 Å². The number of carbonyl (C=O) groups is 3. The molecule has 2 bridgehead atoms. The third kappa shape index (κ3) is 5.55. The van der Waals surface area contributed by atoms with Gasteiger partial charge in [0.25, 0.3) is 5.91 Å². The Morgan fingerprint density at radius 2 is 1.80 bits per heavy atom. The highest BCUT2D eigenvalue weighted by Crippen LogP contribution is 2.68. The molecule has 1 spiro atoms. The summed E-state index contributed by atoms with van der Waals surface area (Å²) in [5, 5.41) is 9.23. The summed E-state index contributed by atoms with van der Waals surface area (Å²) >= 11 is 1.65. The van der Waals surface area contributed by atoms with Crippen molar-refractivity contribution in [3.8, 4) is 0 Å². The van der Waals surface area contributed by atoms with E-state index in [0.717, 1.165) is 37.3 Å². The molecule has 3 unspecified atom stereocenters. The van der Waals surface area contributed by atoms with Crippen molar-refractivity contribution in [3.63, 3.8) is 0 Å². The second kappa shape index (κ2) is 13.5. The van der Waals surface area contributed by atoms with Gasteiger partial charge in [-0.2, -0.15) is 0 Å². The van der Waals surface area contributed by atoms with Gasteiger partial charge in [0, 0.05) is 49.4 Å². The van der Waals surface area contributed by atoms with E-state index in [1.807, 2.05) is 24.3 Å². The lowest BCUT2D eigenvalue weighted by Crippen LogP contribution is -2.57. The second-order valence-corrected chi connectivity index (χ2v) is 12.8. The van der Waals surface area contributed by atoms with Crippen molar-refractivity contribution in [1.82, 2.24) is 4.90 Å². The third-order valence-corrected chi connectivity index (χ3v) is 11.1. The lowest BCUT2D eigenvalue weighted by molar-refractivity contribution is -0.153. The summed E-state index contributed by atoms with van der Waals surface area (Å²) < 4.78 is 4.77. The fourth-order valence-electron chi connectivity index (χ4n) is 7.15. The Labute approximate surface area is 248 Å². The second-order valence-electron chi connectivity index (χ2n) is 11.2. The topological polar surface area (TPSA) is 90.4 Å². The first-order valence-electron chi connectivity index (χ1n) is 14.9. The predicted molar refractivity (Wildman–Crippen MR) is 165 cm³/mol. The van der Waals surface area contributed by atoms with Gasteiger partial charge in [0.2, 0.25) is 5.91 Å². The van der Waals surface area contributed by atoms with E-state index in [9.17, 15) is 19.5 Å². The molecular weight excluding hydrogens is 538 g/mol. The number of hydrogen-bond acceptors (Lipinski definition) is 7. The molecule has 0 saturated carbocycles. The fraction of sp³-hybridized carbons (Fsp3) is 0.594.